The van der Waals surface area contributed by atoms with Crippen LogP contribution in [-0.4, -0.2) is 67.5 Å². The number of rotatable bonds is 6. The molecule has 3 atom stereocenters. The molecule has 182 valence electrons. The topological polar surface area (TPSA) is 87.2 Å². The molecule has 0 aromatic heterocycles. The molecule has 1 heterocycles. The lowest BCUT2D eigenvalue weighted by Crippen LogP contribution is -2.50. The number of likely N-dealkylation sites (N-methyl/N-ethyl adjacent to an activating group) is 1. The predicted molar refractivity (Wildman–Crippen MR) is 127 cm³/mol. The summed E-state index contributed by atoms with van der Waals surface area (Å²) >= 11 is 0. The van der Waals surface area contributed by atoms with Crippen LogP contribution in [0.3, 0.4) is 0 Å². The Balaban J connectivity index is 1.73. The molecular formula is C25H36N2O5S. The van der Waals surface area contributed by atoms with Crippen molar-refractivity contribution in [2.24, 2.45) is 11.8 Å². The molecular weight excluding hydrogens is 440 g/mol. The zero-order chi connectivity index (χ0) is 23.8. The van der Waals surface area contributed by atoms with Crippen LogP contribution < -0.4 is 4.74 Å². The van der Waals surface area contributed by atoms with Gasteiger partial charge in [-0.15, -0.1) is 0 Å². The third-order valence-corrected chi connectivity index (χ3v) is 9.11. The Kier molecular flexibility index (Phi) is 7.17. The van der Waals surface area contributed by atoms with Crippen molar-refractivity contribution >= 4 is 21.5 Å². The highest BCUT2D eigenvalue weighted by atomic mass is 32.2. The van der Waals surface area contributed by atoms with Crippen molar-refractivity contribution in [2.75, 3.05) is 26.7 Å². The normalized spacial score (nSPS) is 26.2. The molecule has 0 spiro atoms. The second-order valence-electron chi connectivity index (χ2n) is 9.87. The monoisotopic (exact) mass is 476 g/mol. The third kappa shape index (κ3) is 5.12. The number of aliphatic hydroxyl groups excluding tert-OH is 1. The van der Waals surface area contributed by atoms with E-state index in [0.717, 1.165) is 37.7 Å². The van der Waals surface area contributed by atoms with Gasteiger partial charge in [-0.05, 0) is 68.7 Å². The molecule has 1 saturated carbocycles. The van der Waals surface area contributed by atoms with Crippen LogP contribution in [-0.2, 0) is 14.8 Å². The molecule has 33 heavy (non-hydrogen) atoms. The highest BCUT2D eigenvalue weighted by Gasteiger charge is 2.39. The van der Waals surface area contributed by atoms with Gasteiger partial charge in [-0.1, -0.05) is 19.1 Å². The van der Waals surface area contributed by atoms with Crippen molar-refractivity contribution < 1.29 is 23.1 Å². The summed E-state index contributed by atoms with van der Waals surface area (Å²) in [5.74, 6) is 0.400. The second kappa shape index (κ2) is 9.76. The number of ether oxygens (including phenoxy) is 1. The molecule has 0 saturated heterocycles. The number of nitrogens with zero attached hydrogens (tertiary/aromatic N) is 2. The number of carbonyl (C=O) groups excluding carboxylic acids is 1. The van der Waals surface area contributed by atoms with Gasteiger partial charge < -0.3 is 14.7 Å². The van der Waals surface area contributed by atoms with Gasteiger partial charge in [0.25, 0.3) is 0 Å². The van der Waals surface area contributed by atoms with Gasteiger partial charge in [-0.2, -0.15) is 4.31 Å². The number of aliphatic hydroxyl groups is 1. The minimum atomic E-state index is -3.86. The molecule has 1 aromatic rings. The van der Waals surface area contributed by atoms with E-state index in [9.17, 15) is 18.3 Å². The fourth-order valence-electron chi connectivity index (χ4n) is 4.75. The van der Waals surface area contributed by atoms with E-state index in [1.165, 1.54) is 16.3 Å². The maximum Gasteiger partial charge on any atom is 0.247 e. The summed E-state index contributed by atoms with van der Waals surface area (Å²) < 4.78 is 35.0. The van der Waals surface area contributed by atoms with Crippen LogP contribution in [0, 0.1) is 11.8 Å². The van der Waals surface area contributed by atoms with E-state index in [0.29, 0.717) is 12.3 Å². The lowest BCUT2D eigenvalue weighted by Gasteiger charge is -2.37. The Hall–Kier alpha value is -1.90. The van der Waals surface area contributed by atoms with Crippen LogP contribution in [0.1, 0.15) is 57.9 Å². The van der Waals surface area contributed by atoms with Crippen LogP contribution in [0.5, 0.6) is 5.75 Å². The number of hydrogen-bond acceptors (Lipinski definition) is 5. The number of fused-ring (bicyclic) bond motifs is 1. The van der Waals surface area contributed by atoms with Gasteiger partial charge in [-0.3, -0.25) is 4.79 Å². The fraction of sp³-hybridized carbons (Fsp3) is 0.640. The largest absolute Gasteiger partial charge is 0.487 e. The predicted octanol–water partition coefficient (Wildman–Crippen LogP) is 3.28. The molecule has 1 fully saturated rings. The summed E-state index contributed by atoms with van der Waals surface area (Å²) in [7, 11) is -2.06. The Labute approximate surface area is 197 Å². The molecule has 1 amide bonds. The van der Waals surface area contributed by atoms with Crippen LogP contribution in [0.4, 0.5) is 0 Å². The first-order valence-corrected chi connectivity index (χ1v) is 13.5. The average molecular weight is 477 g/mol. The standard InChI is InChI=1S/C25H36N2O5S/c1-17-14-27(18(2)16-28)33(30,31)24-12-11-21(19-7-5-4-6-8-19)13-22(24)32-23(17)15-26(3)25(29)20-9-10-20/h7,11-13,17-18,20,23,28H,4-6,8-10,14-16H2,1-3H3/t17-,18+,23+/m0/s1. The number of carbonyl (C=O) groups is 1. The van der Waals surface area contributed by atoms with Crippen molar-refractivity contribution in [3.05, 3.63) is 29.8 Å². The highest BCUT2D eigenvalue weighted by Crippen LogP contribution is 2.37. The van der Waals surface area contributed by atoms with Gasteiger partial charge in [0.05, 0.1) is 13.2 Å². The number of hydrogen-bond donors (Lipinski definition) is 1. The van der Waals surface area contributed by atoms with Crippen molar-refractivity contribution in [1.29, 1.82) is 0 Å². The maximum absolute atomic E-state index is 13.6. The van der Waals surface area contributed by atoms with Gasteiger partial charge >= 0.3 is 0 Å². The number of allylic oxidation sites excluding steroid dienone is 2. The molecule has 0 radical (unpaired) electrons. The quantitative estimate of drug-likeness (QED) is 0.681. The van der Waals surface area contributed by atoms with Gasteiger partial charge in [0.2, 0.25) is 15.9 Å². The van der Waals surface area contributed by atoms with Crippen LogP contribution in [0.25, 0.3) is 5.57 Å². The van der Waals surface area contributed by atoms with Gasteiger partial charge in [-0.25, -0.2) is 8.42 Å². The van der Waals surface area contributed by atoms with E-state index in [-0.39, 0.29) is 41.9 Å². The number of amides is 1. The lowest BCUT2D eigenvalue weighted by atomic mass is 9.93. The zero-order valence-electron chi connectivity index (χ0n) is 19.9. The van der Waals surface area contributed by atoms with Gasteiger partial charge in [0, 0.05) is 31.5 Å². The van der Waals surface area contributed by atoms with Crippen LogP contribution >= 0.6 is 0 Å². The van der Waals surface area contributed by atoms with E-state index in [2.05, 4.69) is 6.08 Å². The van der Waals surface area contributed by atoms with E-state index < -0.39 is 16.1 Å². The van der Waals surface area contributed by atoms with Crippen molar-refractivity contribution in [3.63, 3.8) is 0 Å². The zero-order valence-corrected chi connectivity index (χ0v) is 20.7. The molecule has 3 aliphatic rings. The Morgan fingerprint density at radius 1 is 1.30 bits per heavy atom. The van der Waals surface area contributed by atoms with Gasteiger partial charge in [0.1, 0.15) is 16.7 Å². The van der Waals surface area contributed by atoms with E-state index in [4.69, 9.17) is 4.74 Å². The Morgan fingerprint density at radius 2 is 2.06 bits per heavy atom. The fourth-order valence-corrected chi connectivity index (χ4v) is 6.57. The summed E-state index contributed by atoms with van der Waals surface area (Å²) in [6, 6.07) is 4.79. The third-order valence-electron chi connectivity index (χ3n) is 7.09. The minimum Gasteiger partial charge on any atom is -0.487 e. The maximum atomic E-state index is 13.6. The minimum absolute atomic E-state index is 0.113. The van der Waals surface area contributed by atoms with Crippen molar-refractivity contribution in [2.45, 2.75) is 69.4 Å². The number of benzene rings is 1. The highest BCUT2D eigenvalue weighted by molar-refractivity contribution is 7.89. The van der Waals surface area contributed by atoms with E-state index in [1.54, 1.807) is 24.9 Å². The van der Waals surface area contributed by atoms with E-state index >= 15 is 0 Å². The molecule has 2 aliphatic carbocycles. The van der Waals surface area contributed by atoms with E-state index in [1.807, 2.05) is 19.1 Å². The molecule has 7 nitrogen and oxygen atoms in total. The Bertz CT molecular complexity index is 1020. The smallest absolute Gasteiger partial charge is 0.247 e. The summed E-state index contributed by atoms with van der Waals surface area (Å²) in [6.07, 6.45) is 8.03. The SMILES string of the molecule is C[C@H](CO)N1C[C@H](C)[C@@H](CN(C)C(=O)C2CC2)Oc2cc(C3=CCCCC3)ccc2S1(=O)=O. The summed E-state index contributed by atoms with van der Waals surface area (Å²) in [4.78, 5) is 14.4. The van der Waals surface area contributed by atoms with Crippen molar-refractivity contribution in [1.82, 2.24) is 9.21 Å². The van der Waals surface area contributed by atoms with Crippen LogP contribution in [0.2, 0.25) is 0 Å². The van der Waals surface area contributed by atoms with Gasteiger partial charge in [0.15, 0.2) is 0 Å². The molecule has 1 aromatic carbocycles. The molecule has 1 aliphatic heterocycles. The van der Waals surface area contributed by atoms with Crippen LogP contribution in [0.15, 0.2) is 29.2 Å². The molecule has 0 unspecified atom stereocenters. The first kappa shape index (κ1) is 24.2. The first-order valence-electron chi connectivity index (χ1n) is 12.1. The first-order chi connectivity index (χ1) is 15.7. The second-order valence-corrected chi connectivity index (χ2v) is 11.7. The van der Waals surface area contributed by atoms with Crippen molar-refractivity contribution in [3.8, 4) is 5.75 Å². The summed E-state index contributed by atoms with van der Waals surface area (Å²) in [5, 5.41) is 9.78. The average Bonchev–Trinajstić information content (AvgIpc) is 3.66. The molecule has 8 heteroatoms. The Morgan fingerprint density at radius 3 is 2.70 bits per heavy atom. The summed E-state index contributed by atoms with van der Waals surface area (Å²) in [6.45, 7) is 4.01. The summed E-state index contributed by atoms with van der Waals surface area (Å²) in [5.41, 5.74) is 2.21. The molecule has 0 bridgehead atoms. The number of sulfonamides is 1. The molecule has 1 N–H and O–H groups in total. The molecule has 4 rings (SSSR count). The lowest BCUT2D eigenvalue weighted by molar-refractivity contribution is -0.132.